The Kier molecular flexibility index (Phi) is 6.34. The molecule has 2 aromatic rings. The van der Waals surface area contributed by atoms with E-state index >= 15 is 0 Å². The molecule has 164 valence electrons. The fourth-order valence-electron chi connectivity index (χ4n) is 3.10. The largest absolute Gasteiger partial charge is 0.471 e. The molecule has 0 spiro atoms. The van der Waals surface area contributed by atoms with Gasteiger partial charge in [0.15, 0.2) is 0 Å². The number of hydrogen-bond acceptors (Lipinski definition) is 5. The molecule has 0 bridgehead atoms. The summed E-state index contributed by atoms with van der Waals surface area (Å²) in [7, 11) is 0. The summed E-state index contributed by atoms with van der Waals surface area (Å²) in [5.74, 6) is -2.40. The van der Waals surface area contributed by atoms with Crippen LogP contribution in [-0.2, 0) is 4.79 Å². The monoisotopic (exact) mass is 456 g/mol. The number of nitro benzene ring substituents is 1. The van der Waals surface area contributed by atoms with Gasteiger partial charge in [0.25, 0.3) is 11.6 Å². The third-order valence-electron chi connectivity index (χ3n) is 4.70. The van der Waals surface area contributed by atoms with Crippen LogP contribution in [0.2, 0.25) is 5.02 Å². The third-order valence-corrected chi connectivity index (χ3v) is 5.02. The van der Waals surface area contributed by atoms with Crippen LogP contribution in [0.4, 0.5) is 30.2 Å². The maximum Gasteiger partial charge on any atom is 0.471 e. The summed E-state index contributed by atoms with van der Waals surface area (Å²) >= 11 is 5.74. The van der Waals surface area contributed by atoms with Crippen LogP contribution in [0, 0.1) is 10.1 Å². The van der Waals surface area contributed by atoms with Gasteiger partial charge in [0.2, 0.25) is 0 Å². The second-order valence-electron chi connectivity index (χ2n) is 6.70. The van der Waals surface area contributed by atoms with E-state index in [1.54, 1.807) is 24.3 Å². The number of nitrogens with zero attached hydrogens (tertiary/aromatic N) is 3. The Labute approximate surface area is 179 Å². The Hall–Kier alpha value is -3.34. The molecule has 0 saturated carbocycles. The fourth-order valence-corrected chi connectivity index (χ4v) is 3.29. The molecule has 0 aliphatic carbocycles. The Morgan fingerprint density at radius 1 is 1.03 bits per heavy atom. The average molecular weight is 457 g/mol. The van der Waals surface area contributed by atoms with Gasteiger partial charge in [-0.2, -0.15) is 13.2 Å². The first kappa shape index (κ1) is 22.3. The third kappa shape index (κ3) is 5.23. The minimum Gasteiger partial charge on any atom is -0.368 e. The highest BCUT2D eigenvalue weighted by Crippen LogP contribution is 2.26. The van der Waals surface area contributed by atoms with E-state index < -0.39 is 22.9 Å². The molecule has 3 rings (SSSR count). The van der Waals surface area contributed by atoms with E-state index in [1.165, 1.54) is 12.1 Å². The van der Waals surface area contributed by atoms with Gasteiger partial charge < -0.3 is 15.1 Å². The van der Waals surface area contributed by atoms with Gasteiger partial charge in [0.05, 0.1) is 4.92 Å². The van der Waals surface area contributed by atoms with Crippen LogP contribution < -0.4 is 10.2 Å². The summed E-state index contributed by atoms with van der Waals surface area (Å²) in [4.78, 5) is 36.5. The summed E-state index contributed by atoms with van der Waals surface area (Å²) in [6, 6.07) is 10.3. The van der Waals surface area contributed by atoms with Crippen molar-refractivity contribution in [3.05, 3.63) is 63.2 Å². The SMILES string of the molecule is O=C(Nc1ccc(N2CCN(C(=O)C(F)(F)F)CC2)cc1)c1ccc(Cl)c([N+](=O)[O-])c1. The molecule has 1 fully saturated rings. The Morgan fingerprint density at radius 3 is 2.19 bits per heavy atom. The van der Waals surface area contributed by atoms with Crippen molar-refractivity contribution in [2.45, 2.75) is 6.18 Å². The van der Waals surface area contributed by atoms with E-state index in [0.29, 0.717) is 5.69 Å². The number of piperazine rings is 1. The maximum atomic E-state index is 12.5. The molecule has 8 nitrogen and oxygen atoms in total. The summed E-state index contributed by atoms with van der Waals surface area (Å²) in [6.07, 6.45) is -4.88. The summed E-state index contributed by atoms with van der Waals surface area (Å²) in [5, 5.41) is 13.5. The lowest BCUT2D eigenvalue weighted by molar-refractivity contribution is -0.384. The molecule has 1 aliphatic rings. The first-order chi connectivity index (χ1) is 14.6. The number of rotatable bonds is 4. The lowest BCUT2D eigenvalue weighted by Gasteiger charge is -2.36. The molecule has 1 N–H and O–H groups in total. The highest BCUT2D eigenvalue weighted by atomic mass is 35.5. The van der Waals surface area contributed by atoms with Crippen molar-refractivity contribution in [2.75, 3.05) is 36.4 Å². The van der Waals surface area contributed by atoms with Gasteiger partial charge in [0, 0.05) is 49.2 Å². The maximum absolute atomic E-state index is 12.5. The second-order valence-corrected chi connectivity index (χ2v) is 7.11. The first-order valence-electron chi connectivity index (χ1n) is 9.02. The fraction of sp³-hybridized carbons (Fsp3) is 0.263. The van der Waals surface area contributed by atoms with Gasteiger partial charge in [-0.15, -0.1) is 0 Å². The first-order valence-corrected chi connectivity index (χ1v) is 9.40. The number of nitro groups is 1. The second kappa shape index (κ2) is 8.80. The van der Waals surface area contributed by atoms with Crippen LogP contribution >= 0.6 is 11.6 Å². The lowest BCUT2D eigenvalue weighted by atomic mass is 10.1. The number of carbonyl (C=O) groups is 2. The molecule has 31 heavy (non-hydrogen) atoms. The summed E-state index contributed by atoms with van der Waals surface area (Å²) in [5.41, 5.74) is 0.829. The molecular formula is C19H16ClF3N4O4. The minimum absolute atomic E-state index is 0.0494. The quantitative estimate of drug-likeness (QED) is 0.559. The highest BCUT2D eigenvalue weighted by Gasteiger charge is 2.43. The smallest absolute Gasteiger partial charge is 0.368 e. The van der Waals surface area contributed by atoms with Crippen molar-refractivity contribution >= 4 is 40.5 Å². The number of halogens is 4. The molecule has 2 amide bonds. The van der Waals surface area contributed by atoms with E-state index in [4.69, 9.17) is 11.6 Å². The normalized spacial score (nSPS) is 14.3. The number of amides is 2. The Morgan fingerprint density at radius 2 is 1.65 bits per heavy atom. The molecule has 12 heteroatoms. The lowest BCUT2D eigenvalue weighted by Crippen LogP contribution is -2.52. The molecular weight excluding hydrogens is 441 g/mol. The molecule has 0 unspecified atom stereocenters. The predicted octanol–water partition coefficient (Wildman–Crippen LogP) is 3.71. The van der Waals surface area contributed by atoms with E-state index in [2.05, 4.69) is 5.32 Å². The molecule has 1 heterocycles. The average Bonchev–Trinajstić information content (AvgIpc) is 2.73. The number of benzene rings is 2. The van der Waals surface area contributed by atoms with Crippen LogP contribution in [0.1, 0.15) is 10.4 Å². The van der Waals surface area contributed by atoms with Crippen molar-refractivity contribution in [2.24, 2.45) is 0 Å². The summed E-state index contributed by atoms with van der Waals surface area (Å²) in [6.45, 7) is 0.377. The van der Waals surface area contributed by atoms with Crippen LogP contribution in [0.5, 0.6) is 0 Å². The number of hydrogen-bond donors (Lipinski definition) is 1. The van der Waals surface area contributed by atoms with E-state index in [0.717, 1.165) is 16.7 Å². The number of anilines is 2. The van der Waals surface area contributed by atoms with Gasteiger partial charge in [-0.05, 0) is 36.4 Å². The zero-order valence-corrected chi connectivity index (χ0v) is 16.6. The molecule has 0 aromatic heterocycles. The predicted molar refractivity (Wildman–Crippen MR) is 107 cm³/mol. The molecule has 1 saturated heterocycles. The van der Waals surface area contributed by atoms with Crippen molar-refractivity contribution in [1.29, 1.82) is 0 Å². The summed E-state index contributed by atoms with van der Waals surface area (Å²) < 4.78 is 37.6. The molecule has 0 radical (unpaired) electrons. The van der Waals surface area contributed by atoms with E-state index in [1.807, 2.05) is 4.90 Å². The van der Waals surface area contributed by atoms with Gasteiger partial charge in [-0.1, -0.05) is 11.6 Å². The van der Waals surface area contributed by atoms with Gasteiger partial charge in [0.1, 0.15) is 5.02 Å². The van der Waals surface area contributed by atoms with Crippen LogP contribution in [0.15, 0.2) is 42.5 Å². The number of carbonyl (C=O) groups excluding carboxylic acids is 2. The molecule has 0 atom stereocenters. The van der Waals surface area contributed by atoms with Crippen molar-refractivity contribution in [3.8, 4) is 0 Å². The van der Waals surface area contributed by atoms with Gasteiger partial charge in [-0.3, -0.25) is 19.7 Å². The highest BCUT2D eigenvalue weighted by molar-refractivity contribution is 6.32. The number of nitrogens with one attached hydrogen (secondary N) is 1. The standard InChI is InChI=1S/C19H16ClF3N4O4/c20-15-6-1-12(11-16(15)27(30)31)17(28)24-13-2-4-14(5-3-13)25-7-9-26(10-8-25)18(29)19(21,22)23/h1-6,11H,7-10H2,(H,24,28). The van der Waals surface area contributed by atoms with Crippen LogP contribution in [-0.4, -0.2) is 54.0 Å². The van der Waals surface area contributed by atoms with Crippen molar-refractivity contribution in [3.63, 3.8) is 0 Å². The molecule has 1 aliphatic heterocycles. The van der Waals surface area contributed by atoms with Gasteiger partial charge >= 0.3 is 12.1 Å². The Bertz CT molecular complexity index is 1010. The minimum atomic E-state index is -4.88. The number of alkyl halides is 3. The van der Waals surface area contributed by atoms with E-state index in [9.17, 15) is 32.9 Å². The van der Waals surface area contributed by atoms with Crippen LogP contribution in [0.3, 0.4) is 0 Å². The topological polar surface area (TPSA) is 95.8 Å². The van der Waals surface area contributed by atoms with Crippen LogP contribution in [0.25, 0.3) is 0 Å². The van der Waals surface area contributed by atoms with Gasteiger partial charge in [-0.25, -0.2) is 0 Å². The van der Waals surface area contributed by atoms with E-state index in [-0.39, 0.29) is 42.5 Å². The van der Waals surface area contributed by atoms with Crippen molar-refractivity contribution < 1.29 is 27.7 Å². The van der Waals surface area contributed by atoms with Crippen molar-refractivity contribution in [1.82, 2.24) is 4.90 Å². The zero-order chi connectivity index (χ0) is 22.8. The zero-order valence-electron chi connectivity index (χ0n) is 15.9. The molecule has 2 aromatic carbocycles. The Balaban J connectivity index is 1.61.